The first kappa shape index (κ1) is 18.8. The molecule has 7 nitrogen and oxygen atoms in total. The van der Waals surface area contributed by atoms with E-state index in [4.69, 9.17) is 9.84 Å². The number of benzene rings is 1. The summed E-state index contributed by atoms with van der Waals surface area (Å²) in [5.74, 6) is 0.596. The number of aromatic nitrogens is 2. The number of ether oxygens (including phenoxy) is 1. The molecular weight excluding hydrogens is 344 g/mol. The summed E-state index contributed by atoms with van der Waals surface area (Å²) >= 11 is 0. The lowest BCUT2D eigenvalue weighted by molar-refractivity contribution is -0.131. The van der Waals surface area contributed by atoms with E-state index in [2.05, 4.69) is 32.3 Å². The molecule has 0 spiro atoms. The second-order valence-corrected chi connectivity index (χ2v) is 6.53. The normalized spacial score (nSPS) is 17.3. The lowest BCUT2D eigenvalue weighted by Crippen LogP contribution is -2.28. The summed E-state index contributed by atoms with van der Waals surface area (Å²) in [5, 5.41) is 12.0. The Morgan fingerprint density at radius 2 is 2.15 bits per heavy atom. The largest absolute Gasteiger partial charge is 0.497 e. The fourth-order valence-electron chi connectivity index (χ4n) is 3.10. The molecule has 1 saturated heterocycles. The van der Waals surface area contributed by atoms with Crippen LogP contribution in [0.15, 0.2) is 42.7 Å². The van der Waals surface area contributed by atoms with E-state index in [-0.39, 0.29) is 0 Å². The van der Waals surface area contributed by atoms with Gasteiger partial charge in [-0.1, -0.05) is 12.1 Å². The van der Waals surface area contributed by atoms with Crippen LogP contribution < -0.4 is 10.1 Å². The summed E-state index contributed by atoms with van der Waals surface area (Å²) in [5.41, 5.74) is 1.83. The van der Waals surface area contributed by atoms with Crippen LogP contribution in [-0.4, -0.2) is 58.7 Å². The van der Waals surface area contributed by atoms with Gasteiger partial charge in [0.2, 0.25) is 0 Å². The predicted octanol–water partition coefficient (Wildman–Crippen LogP) is 2.31. The Kier molecular flexibility index (Phi) is 6.38. The summed E-state index contributed by atoms with van der Waals surface area (Å²) in [6.45, 7) is 3.05. The smallest absolute Gasteiger partial charge is 0.328 e. The molecule has 7 heteroatoms. The van der Waals surface area contributed by atoms with Gasteiger partial charge < -0.3 is 20.1 Å². The second kappa shape index (κ2) is 9.14. The van der Waals surface area contributed by atoms with Gasteiger partial charge >= 0.3 is 5.97 Å². The third-order valence-corrected chi connectivity index (χ3v) is 4.57. The van der Waals surface area contributed by atoms with Crippen LogP contribution in [0.2, 0.25) is 0 Å². The van der Waals surface area contributed by atoms with Crippen molar-refractivity contribution in [1.82, 2.24) is 14.9 Å². The highest BCUT2D eigenvalue weighted by Gasteiger charge is 2.22. The standard InChI is InChI=1S/C20H24N4O3/c1-27-18-5-2-15(3-6-18)8-10-24-11-9-17(14-24)23-19-13-21-16(12-22-19)4-7-20(25)26/h2-7,12-13,17H,8-11,14H2,1H3,(H,22,23)(H,25,26)/t17-/m1/s1. The molecule has 2 heterocycles. The molecule has 1 aliphatic heterocycles. The number of carboxylic acid groups (broad SMARTS) is 1. The average Bonchev–Trinajstić information content (AvgIpc) is 3.13. The Hall–Kier alpha value is -2.93. The fourth-order valence-corrected chi connectivity index (χ4v) is 3.10. The van der Waals surface area contributed by atoms with Crippen molar-refractivity contribution in [2.24, 2.45) is 0 Å². The molecule has 1 atom stereocenters. The molecule has 27 heavy (non-hydrogen) atoms. The molecule has 1 aromatic heterocycles. The molecule has 1 aromatic carbocycles. The van der Waals surface area contributed by atoms with Gasteiger partial charge in [-0.15, -0.1) is 0 Å². The Morgan fingerprint density at radius 1 is 1.33 bits per heavy atom. The molecule has 0 amide bonds. The van der Waals surface area contributed by atoms with Crippen LogP contribution in [-0.2, 0) is 11.2 Å². The third-order valence-electron chi connectivity index (χ3n) is 4.57. The van der Waals surface area contributed by atoms with Gasteiger partial charge in [0.15, 0.2) is 0 Å². The van der Waals surface area contributed by atoms with Crippen LogP contribution in [0.1, 0.15) is 17.7 Å². The van der Waals surface area contributed by atoms with E-state index < -0.39 is 5.97 Å². The van der Waals surface area contributed by atoms with Crippen LogP contribution in [0.4, 0.5) is 5.82 Å². The minimum atomic E-state index is -1.00. The lowest BCUT2D eigenvalue weighted by Gasteiger charge is -2.17. The molecule has 0 radical (unpaired) electrons. The third kappa shape index (κ3) is 5.79. The number of aliphatic carboxylic acids is 1. The zero-order valence-corrected chi connectivity index (χ0v) is 15.3. The number of rotatable bonds is 8. The maximum absolute atomic E-state index is 10.5. The molecule has 0 bridgehead atoms. The number of likely N-dealkylation sites (tertiary alicyclic amines) is 1. The van der Waals surface area contributed by atoms with Crippen molar-refractivity contribution in [1.29, 1.82) is 0 Å². The Balaban J connectivity index is 1.44. The number of carboxylic acids is 1. The molecule has 0 saturated carbocycles. The first-order chi connectivity index (χ1) is 13.1. The topological polar surface area (TPSA) is 87.6 Å². The maximum atomic E-state index is 10.5. The van der Waals surface area contributed by atoms with E-state index in [1.807, 2.05) is 12.1 Å². The number of hydrogen-bond donors (Lipinski definition) is 2. The zero-order valence-electron chi connectivity index (χ0n) is 15.3. The van der Waals surface area contributed by atoms with Gasteiger partial charge in [0.05, 0.1) is 25.2 Å². The lowest BCUT2D eigenvalue weighted by atomic mass is 10.1. The average molecular weight is 368 g/mol. The summed E-state index contributed by atoms with van der Waals surface area (Å²) in [7, 11) is 1.68. The van der Waals surface area contributed by atoms with Crippen molar-refractivity contribution in [3.8, 4) is 5.75 Å². The highest BCUT2D eigenvalue weighted by Crippen LogP contribution is 2.16. The number of methoxy groups -OCH3 is 1. The van der Waals surface area contributed by atoms with Gasteiger partial charge in [0.25, 0.3) is 0 Å². The molecule has 1 fully saturated rings. The summed E-state index contributed by atoms with van der Waals surface area (Å²) in [6, 6.07) is 8.56. The molecule has 2 aromatic rings. The second-order valence-electron chi connectivity index (χ2n) is 6.53. The first-order valence-electron chi connectivity index (χ1n) is 8.97. The van der Waals surface area contributed by atoms with Gasteiger partial charge in [-0.05, 0) is 36.6 Å². The van der Waals surface area contributed by atoms with Gasteiger partial charge in [-0.25, -0.2) is 9.78 Å². The zero-order chi connectivity index (χ0) is 19.1. The highest BCUT2D eigenvalue weighted by atomic mass is 16.5. The monoisotopic (exact) mass is 368 g/mol. The fraction of sp³-hybridized carbons (Fsp3) is 0.350. The van der Waals surface area contributed by atoms with E-state index in [1.54, 1.807) is 19.5 Å². The molecular formula is C20H24N4O3. The summed E-state index contributed by atoms with van der Waals surface area (Å²) < 4.78 is 5.19. The molecule has 2 N–H and O–H groups in total. The Bertz CT molecular complexity index is 775. The van der Waals surface area contributed by atoms with Crippen LogP contribution >= 0.6 is 0 Å². The quantitative estimate of drug-likeness (QED) is 0.691. The molecule has 1 aliphatic rings. The summed E-state index contributed by atoms with van der Waals surface area (Å²) in [6.07, 6.45) is 7.76. The van der Waals surface area contributed by atoms with E-state index >= 15 is 0 Å². The van der Waals surface area contributed by atoms with Crippen molar-refractivity contribution in [3.63, 3.8) is 0 Å². The van der Waals surface area contributed by atoms with E-state index in [9.17, 15) is 4.79 Å². The van der Waals surface area contributed by atoms with Gasteiger partial charge in [0.1, 0.15) is 11.6 Å². The van der Waals surface area contributed by atoms with Crippen LogP contribution in [0, 0.1) is 0 Å². The minimum absolute atomic E-state index is 0.343. The number of nitrogens with zero attached hydrogens (tertiary/aromatic N) is 3. The van der Waals surface area contributed by atoms with Gasteiger partial charge in [0, 0.05) is 31.8 Å². The maximum Gasteiger partial charge on any atom is 0.328 e. The van der Waals surface area contributed by atoms with Crippen molar-refractivity contribution >= 4 is 17.9 Å². The van der Waals surface area contributed by atoms with E-state index in [1.165, 1.54) is 11.6 Å². The molecule has 0 unspecified atom stereocenters. The van der Waals surface area contributed by atoms with Gasteiger partial charge in [-0.3, -0.25) is 4.98 Å². The van der Waals surface area contributed by atoms with Crippen LogP contribution in [0.5, 0.6) is 5.75 Å². The van der Waals surface area contributed by atoms with Crippen molar-refractivity contribution in [2.45, 2.75) is 18.9 Å². The van der Waals surface area contributed by atoms with Crippen molar-refractivity contribution in [3.05, 3.63) is 54.0 Å². The van der Waals surface area contributed by atoms with E-state index in [0.717, 1.165) is 44.3 Å². The summed E-state index contributed by atoms with van der Waals surface area (Å²) in [4.78, 5) is 21.5. The number of nitrogens with one attached hydrogen (secondary N) is 1. The van der Waals surface area contributed by atoms with Crippen molar-refractivity contribution in [2.75, 3.05) is 32.1 Å². The van der Waals surface area contributed by atoms with Gasteiger partial charge in [-0.2, -0.15) is 0 Å². The van der Waals surface area contributed by atoms with Crippen molar-refractivity contribution < 1.29 is 14.6 Å². The first-order valence-corrected chi connectivity index (χ1v) is 8.97. The number of carbonyl (C=O) groups is 1. The van der Waals surface area contributed by atoms with Crippen LogP contribution in [0.25, 0.3) is 6.08 Å². The number of anilines is 1. The molecule has 0 aliphatic carbocycles. The number of hydrogen-bond acceptors (Lipinski definition) is 6. The SMILES string of the molecule is COc1ccc(CCN2CC[C@@H](Nc3cnc(C=CC(=O)O)cn3)C2)cc1. The Labute approximate surface area is 158 Å². The van der Waals surface area contributed by atoms with Crippen LogP contribution in [0.3, 0.4) is 0 Å². The minimum Gasteiger partial charge on any atom is -0.497 e. The molecule has 142 valence electrons. The van der Waals surface area contributed by atoms with E-state index in [0.29, 0.717) is 17.6 Å². The molecule has 3 rings (SSSR count). The predicted molar refractivity (Wildman–Crippen MR) is 104 cm³/mol. The Morgan fingerprint density at radius 3 is 2.81 bits per heavy atom. The highest BCUT2D eigenvalue weighted by molar-refractivity contribution is 5.84.